The zero-order valence-electron chi connectivity index (χ0n) is 15.5. The number of aromatic nitrogens is 2. The number of benzene rings is 1. The molecule has 0 saturated carbocycles. The molecule has 1 aromatic carbocycles. The third-order valence-electron chi connectivity index (χ3n) is 5.03. The SMILES string of the molecule is C#CC/C=C\C(=C/N1CCCC1C)c1nc2c(C)ccc(CC)c2[nH]1. The number of fused-ring (bicyclic) bond motifs is 1. The van der Waals surface area contributed by atoms with Crippen molar-refractivity contribution in [2.24, 2.45) is 0 Å². The summed E-state index contributed by atoms with van der Waals surface area (Å²) in [5, 5.41) is 0. The first-order valence-electron chi connectivity index (χ1n) is 9.20. The Morgan fingerprint density at radius 2 is 2.32 bits per heavy atom. The lowest BCUT2D eigenvalue weighted by Crippen LogP contribution is -2.20. The molecule has 2 aromatic rings. The number of aryl methyl sites for hydroxylation is 2. The number of nitrogens with one attached hydrogen (secondary N) is 1. The number of H-pyrrole nitrogens is 1. The normalized spacial score (nSPS) is 18.4. The van der Waals surface area contributed by atoms with Gasteiger partial charge in [0, 0.05) is 30.8 Å². The van der Waals surface area contributed by atoms with Gasteiger partial charge < -0.3 is 9.88 Å². The molecule has 3 rings (SSSR count). The number of nitrogens with zero attached hydrogens (tertiary/aromatic N) is 2. The summed E-state index contributed by atoms with van der Waals surface area (Å²) in [5.74, 6) is 3.60. The number of allylic oxidation sites excluding steroid dienone is 3. The van der Waals surface area contributed by atoms with E-state index in [1.807, 2.05) is 6.08 Å². The van der Waals surface area contributed by atoms with Gasteiger partial charge in [0.05, 0.1) is 11.0 Å². The molecule has 2 heterocycles. The van der Waals surface area contributed by atoms with Gasteiger partial charge in [-0.05, 0) is 44.2 Å². The van der Waals surface area contributed by atoms with Crippen LogP contribution < -0.4 is 0 Å². The third-order valence-corrected chi connectivity index (χ3v) is 5.03. The van der Waals surface area contributed by atoms with E-state index < -0.39 is 0 Å². The molecule has 1 unspecified atom stereocenters. The van der Waals surface area contributed by atoms with Crippen LogP contribution in [0.2, 0.25) is 0 Å². The second-order valence-corrected chi connectivity index (χ2v) is 6.83. The summed E-state index contributed by atoms with van der Waals surface area (Å²) in [5.41, 5.74) is 5.84. The zero-order chi connectivity index (χ0) is 17.8. The average molecular weight is 333 g/mol. The summed E-state index contributed by atoms with van der Waals surface area (Å²) < 4.78 is 0. The number of hydrogen-bond acceptors (Lipinski definition) is 2. The highest BCUT2D eigenvalue weighted by molar-refractivity contribution is 5.85. The molecular formula is C22H27N3. The smallest absolute Gasteiger partial charge is 0.139 e. The van der Waals surface area contributed by atoms with Crippen molar-refractivity contribution in [1.29, 1.82) is 0 Å². The van der Waals surface area contributed by atoms with Crippen molar-refractivity contribution < 1.29 is 0 Å². The maximum Gasteiger partial charge on any atom is 0.139 e. The number of hydrogen-bond donors (Lipinski definition) is 1. The highest BCUT2D eigenvalue weighted by Gasteiger charge is 2.18. The maximum atomic E-state index is 5.40. The van der Waals surface area contributed by atoms with Crippen molar-refractivity contribution >= 4 is 16.6 Å². The summed E-state index contributed by atoms with van der Waals surface area (Å²) in [6.07, 6.45) is 15.9. The molecule has 1 fully saturated rings. The summed E-state index contributed by atoms with van der Waals surface area (Å²) in [4.78, 5) is 10.9. The number of rotatable bonds is 5. The Balaban J connectivity index is 2.06. The molecule has 0 spiro atoms. The first kappa shape index (κ1) is 17.4. The van der Waals surface area contributed by atoms with Crippen molar-refractivity contribution in [1.82, 2.24) is 14.9 Å². The number of likely N-dealkylation sites (tertiary alicyclic amines) is 1. The van der Waals surface area contributed by atoms with Crippen molar-refractivity contribution in [3.8, 4) is 12.3 Å². The molecule has 1 atom stereocenters. The molecule has 3 heteroatoms. The average Bonchev–Trinajstić information content (AvgIpc) is 3.22. The second kappa shape index (κ2) is 7.61. The summed E-state index contributed by atoms with van der Waals surface area (Å²) >= 11 is 0. The fourth-order valence-electron chi connectivity index (χ4n) is 3.47. The molecule has 0 amide bonds. The van der Waals surface area contributed by atoms with Crippen LogP contribution in [0.3, 0.4) is 0 Å². The van der Waals surface area contributed by atoms with Gasteiger partial charge in [-0.25, -0.2) is 4.98 Å². The lowest BCUT2D eigenvalue weighted by molar-refractivity contribution is 0.373. The van der Waals surface area contributed by atoms with Gasteiger partial charge in [-0.1, -0.05) is 31.2 Å². The predicted octanol–water partition coefficient (Wildman–Crippen LogP) is 4.84. The fraction of sp³-hybridized carbons (Fsp3) is 0.409. The number of terminal acetylenes is 1. The Kier molecular flexibility index (Phi) is 5.28. The monoisotopic (exact) mass is 333 g/mol. The van der Waals surface area contributed by atoms with Crippen molar-refractivity contribution in [3.63, 3.8) is 0 Å². The van der Waals surface area contributed by atoms with Crippen LogP contribution in [-0.2, 0) is 6.42 Å². The Hall–Kier alpha value is -2.47. The van der Waals surface area contributed by atoms with E-state index in [9.17, 15) is 0 Å². The van der Waals surface area contributed by atoms with E-state index >= 15 is 0 Å². The van der Waals surface area contributed by atoms with Crippen LogP contribution >= 0.6 is 0 Å². The van der Waals surface area contributed by atoms with E-state index in [-0.39, 0.29) is 0 Å². The van der Waals surface area contributed by atoms with E-state index in [1.165, 1.54) is 24.0 Å². The van der Waals surface area contributed by atoms with Gasteiger partial charge in [-0.2, -0.15) is 0 Å². The van der Waals surface area contributed by atoms with Crippen LogP contribution in [0.1, 0.15) is 50.1 Å². The van der Waals surface area contributed by atoms with Crippen molar-refractivity contribution in [3.05, 3.63) is 47.4 Å². The quantitative estimate of drug-likeness (QED) is 0.627. The van der Waals surface area contributed by atoms with Gasteiger partial charge in [0.15, 0.2) is 0 Å². The Morgan fingerprint density at radius 1 is 1.48 bits per heavy atom. The van der Waals surface area contributed by atoms with Crippen LogP contribution in [0, 0.1) is 19.3 Å². The highest BCUT2D eigenvalue weighted by Crippen LogP contribution is 2.26. The van der Waals surface area contributed by atoms with Gasteiger partial charge in [0.1, 0.15) is 5.82 Å². The van der Waals surface area contributed by atoms with Crippen LogP contribution in [0.15, 0.2) is 30.5 Å². The fourth-order valence-corrected chi connectivity index (χ4v) is 3.47. The zero-order valence-corrected chi connectivity index (χ0v) is 15.5. The third kappa shape index (κ3) is 3.64. The topological polar surface area (TPSA) is 31.9 Å². The molecule has 1 aliphatic rings. The molecule has 25 heavy (non-hydrogen) atoms. The maximum absolute atomic E-state index is 5.40. The van der Waals surface area contributed by atoms with E-state index in [2.05, 4.69) is 61.0 Å². The largest absolute Gasteiger partial charge is 0.374 e. The van der Waals surface area contributed by atoms with E-state index in [4.69, 9.17) is 11.4 Å². The van der Waals surface area contributed by atoms with E-state index in [0.29, 0.717) is 12.5 Å². The molecule has 1 aromatic heterocycles. The minimum atomic E-state index is 0.577. The van der Waals surface area contributed by atoms with Crippen LogP contribution in [0.4, 0.5) is 0 Å². The summed E-state index contributed by atoms with van der Waals surface area (Å²) in [7, 11) is 0. The van der Waals surface area contributed by atoms with Gasteiger partial charge in [-0.15, -0.1) is 12.3 Å². The van der Waals surface area contributed by atoms with E-state index in [0.717, 1.165) is 35.4 Å². The number of aromatic amines is 1. The molecular weight excluding hydrogens is 306 g/mol. The molecule has 1 aliphatic heterocycles. The van der Waals surface area contributed by atoms with Crippen molar-refractivity contribution in [2.45, 2.75) is 52.5 Å². The van der Waals surface area contributed by atoms with Crippen LogP contribution in [0.5, 0.6) is 0 Å². The molecule has 3 nitrogen and oxygen atoms in total. The molecule has 0 aliphatic carbocycles. The first-order chi connectivity index (χ1) is 12.1. The van der Waals surface area contributed by atoms with Gasteiger partial charge in [-0.3, -0.25) is 0 Å². The minimum absolute atomic E-state index is 0.577. The lowest BCUT2D eigenvalue weighted by atomic mass is 10.1. The molecule has 130 valence electrons. The van der Waals surface area contributed by atoms with Gasteiger partial charge in [0.25, 0.3) is 0 Å². The summed E-state index contributed by atoms with van der Waals surface area (Å²) in [6, 6.07) is 4.93. The Labute approximate surface area is 150 Å². The predicted molar refractivity (Wildman–Crippen MR) is 106 cm³/mol. The first-order valence-corrected chi connectivity index (χ1v) is 9.20. The molecule has 1 N–H and O–H groups in total. The Bertz CT molecular complexity index is 848. The van der Waals surface area contributed by atoms with Gasteiger partial charge in [0.2, 0.25) is 0 Å². The van der Waals surface area contributed by atoms with Crippen LogP contribution in [0.25, 0.3) is 16.6 Å². The summed E-state index contributed by atoms with van der Waals surface area (Å²) in [6.45, 7) is 7.68. The van der Waals surface area contributed by atoms with Gasteiger partial charge >= 0.3 is 0 Å². The number of imidazole rings is 1. The molecule has 1 saturated heterocycles. The van der Waals surface area contributed by atoms with Crippen LogP contribution in [-0.4, -0.2) is 27.5 Å². The standard InChI is InChI=1S/C22H27N3/c1-5-7-8-11-19(15-25-14-9-10-17(25)4)22-23-20-16(3)12-13-18(6-2)21(20)24-22/h1,8,11-13,15,17H,6-7,9-10,14H2,2-4H3,(H,23,24)/b11-8-,19-15+. The highest BCUT2D eigenvalue weighted by atomic mass is 15.2. The van der Waals surface area contributed by atoms with Crippen molar-refractivity contribution in [2.75, 3.05) is 6.54 Å². The molecule has 0 radical (unpaired) electrons. The Morgan fingerprint density at radius 3 is 3.00 bits per heavy atom. The molecule has 0 bridgehead atoms. The van der Waals surface area contributed by atoms with E-state index in [1.54, 1.807) is 0 Å². The lowest BCUT2D eigenvalue weighted by Gasteiger charge is -2.19. The second-order valence-electron chi connectivity index (χ2n) is 6.83. The minimum Gasteiger partial charge on any atom is -0.374 e.